The summed E-state index contributed by atoms with van der Waals surface area (Å²) in [7, 11) is 0. The number of aromatic nitrogens is 1. The molecule has 2 bridgehead atoms. The maximum absolute atomic E-state index is 12.9. The third-order valence-corrected chi connectivity index (χ3v) is 6.80. The number of pyridine rings is 1. The molecule has 0 spiro atoms. The molecule has 4 heterocycles. The van der Waals surface area contributed by atoms with Crippen LogP contribution in [0.1, 0.15) is 6.92 Å². The number of nitrogens with zero attached hydrogens (tertiary/aromatic N) is 3. The van der Waals surface area contributed by atoms with Crippen LogP contribution in [0.5, 0.6) is 11.5 Å². The Bertz CT molecular complexity index is 1830. The van der Waals surface area contributed by atoms with Crippen molar-refractivity contribution in [3.05, 3.63) is 81.5 Å². The van der Waals surface area contributed by atoms with Crippen molar-refractivity contribution >= 4 is 39.8 Å². The molecule has 0 N–H and O–H groups in total. The molecule has 4 aromatic rings. The summed E-state index contributed by atoms with van der Waals surface area (Å²) in [6.45, 7) is 5.78. The van der Waals surface area contributed by atoms with E-state index < -0.39 is 23.2 Å². The lowest BCUT2D eigenvalue weighted by Crippen LogP contribution is -2.46. The van der Waals surface area contributed by atoms with Crippen LogP contribution in [-0.4, -0.2) is 54.5 Å². The maximum Gasteiger partial charge on any atom is 0.336 e. The molecule has 0 radical (unpaired) electrons. The van der Waals surface area contributed by atoms with Gasteiger partial charge in [0, 0.05) is 62.1 Å². The van der Waals surface area contributed by atoms with E-state index in [4.69, 9.17) is 23.3 Å². The topological polar surface area (TPSA) is 132 Å². The standard InChI is InChI=1S/C29H23N3O8/c1-2-31-12-14-32(15-13-31)29-28-24(17-6-4-3-5-7-17)25-18(30-29)16-19-26(38-21(34)9-8-20(33)37-19)27(25)39-22(35)10-11-23(36)40-28/h3-11,16H,2,12-15H2,1H3/b9-8-,11-10?. The van der Waals surface area contributed by atoms with Crippen molar-refractivity contribution in [2.75, 3.05) is 37.6 Å². The largest absolute Gasteiger partial charge is 0.419 e. The van der Waals surface area contributed by atoms with Gasteiger partial charge in [0.15, 0.2) is 22.7 Å². The highest BCUT2D eigenvalue weighted by molar-refractivity contribution is 6.14. The van der Waals surface area contributed by atoms with Gasteiger partial charge in [-0.2, -0.15) is 0 Å². The van der Waals surface area contributed by atoms with Gasteiger partial charge in [-0.3, -0.25) is 0 Å². The Morgan fingerprint density at radius 3 is 2.12 bits per heavy atom. The third-order valence-electron chi connectivity index (χ3n) is 6.80. The van der Waals surface area contributed by atoms with E-state index in [1.54, 1.807) is 0 Å². The van der Waals surface area contributed by atoms with Gasteiger partial charge in [0.2, 0.25) is 5.75 Å². The number of piperazine rings is 1. The van der Waals surface area contributed by atoms with Crippen LogP contribution in [0.4, 0.5) is 5.82 Å². The molecule has 11 nitrogen and oxygen atoms in total. The lowest BCUT2D eigenvalue weighted by atomic mass is 9.98. The van der Waals surface area contributed by atoms with Gasteiger partial charge in [-0.1, -0.05) is 37.3 Å². The van der Waals surface area contributed by atoms with Crippen molar-refractivity contribution in [2.24, 2.45) is 0 Å². The summed E-state index contributed by atoms with van der Waals surface area (Å²) in [6, 6.07) is 12.4. The van der Waals surface area contributed by atoms with Crippen LogP contribution in [0.15, 0.2) is 79.1 Å². The first-order valence-corrected chi connectivity index (χ1v) is 12.7. The SMILES string of the molecule is CCN1CCN(c2nc3cc4c(c5oc(=O)ccc(=O)oc2c(-c2ccccc2)c35)OC(=O)/C=C\C(=O)O4)CC1. The fourth-order valence-electron chi connectivity index (χ4n) is 4.88. The number of likely N-dealkylation sites (N-methyl/N-ethyl adjacent to an activating group) is 1. The number of hydrogen-bond donors (Lipinski definition) is 0. The highest BCUT2D eigenvalue weighted by Crippen LogP contribution is 2.45. The molecule has 11 heteroatoms. The number of benzene rings is 2. The molecule has 2 aromatic heterocycles. The predicted octanol–water partition coefficient (Wildman–Crippen LogP) is 3.05. The van der Waals surface area contributed by atoms with Gasteiger partial charge in [-0.15, -0.1) is 0 Å². The molecule has 2 aromatic carbocycles. The van der Waals surface area contributed by atoms with Crippen LogP contribution in [0.3, 0.4) is 0 Å². The minimum absolute atomic E-state index is 0.156. The van der Waals surface area contributed by atoms with Crippen molar-refractivity contribution in [3.63, 3.8) is 0 Å². The number of anilines is 1. The summed E-state index contributed by atoms with van der Waals surface area (Å²) in [4.78, 5) is 59.6. The van der Waals surface area contributed by atoms with Gasteiger partial charge in [-0.05, 0) is 12.1 Å². The molecule has 0 atom stereocenters. The Morgan fingerprint density at radius 1 is 0.800 bits per heavy atom. The summed E-state index contributed by atoms with van der Waals surface area (Å²) >= 11 is 0. The highest BCUT2D eigenvalue weighted by Gasteiger charge is 2.29. The van der Waals surface area contributed by atoms with Gasteiger partial charge < -0.3 is 28.1 Å². The summed E-state index contributed by atoms with van der Waals surface area (Å²) in [6.07, 6.45) is 1.85. The lowest BCUT2D eigenvalue weighted by Gasteiger charge is -2.35. The van der Waals surface area contributed by atoms with Crippen LogP contribution >= 0.6 is 0 Å². The molecule has 1 saturated heterocycles. The Kier molecular flexibility index (Phi) is 6.48. The third kappa shape index (κ3) is 4.67. The maximum atomic E-state index is 12.9. The second kappa shape index (κ2) is 10.3. The second-order valence-corrected chi connectivity index (χ2v) is 9.21. The zero-order valence-electron chi connectivity index (χ0n) is 21.4. The molecule has 0 amide bonds. The predicted molar refractivity (Wildman–Crippen MR) is 145 cm³/mol. The van der Waals surface area contributed by atoms with Crippen molar-refractivity contribution in [2.45, 2.75) is 6.92 Å². The van der Waals surface area contributed by atoms with Gasteiger partial charge >= 0.3 is 23.2 Å². The molecule has 1 fully saturated rings. The number of hydrogen-bond acceptors (Lipinski definition) is 11. The average Bonchev–Trinajstić information content (AvgIpc) is 2.96. The van der Waals surface area contributed by atoms with Gasteiger partial charge in [-0.25, -0.2) is 24.2 Å². The summed E-state index contributed by atoms with van der Waals surface area (Å²) in [5, 5.41) is 0.237. The van der Waals surface area contributed by atoms with Gasteiger partial charge in [0.1, 0.15) is 0 Å². The van der Waals surface area contributed by atoms with E-state index in [0.717, 1.165) is 43.9 Å². The number of rotatable bonds is 3. The Labute approximate surface area is 226 Å². The van der Waals surface area contributed by atoms with E-state index in [1.807, 2.05) is 35.2 Å². The molecule has 2 aliphatic heterocycles. The zero-order chi connectivity index (χ0) is 27.8. The lowest BCUT2D eigenvalue weighted by molar-refractivity contribution is -0.133. The molecular formula is C29H23N3O8. The summed E-state index contributed by atoms with van der Waals surface area (Å²) < 4.78 is 22.5. The van der Waals surface area contributed by atoms with E-state index in [2.05, 4.69) is 11.8 Å². The smallest absolute Gasteiger partial charge is 0.336 e. The monoisotopic (exact) mass is 541 g/mol. The average molecular weight is 542 g/mol. The number of carbonyl (C=O) groups excluding carboxylic acids is 2. The number of carbonyl (C=O) groups is 2. The van der Waals surface area contributed by atoms with Crippen LogP contribution in [0, 0.1) is 0 Å². The molecule has 0 unspecified atom stereocenters. The molecule has 40 heavy (non-hydrogen) atoms. The number of esters is 2. The van der Waals surface area contributed by atoms with E-state index in [0.29, 0.717) is 30.0 Å². The minimum Gasteiger partial charge on any atom is -0.419 e. The van der Waals surface area contributed by atoms with Crippen LogP contribution in [0.2, 0.25) is 0 Å². The molecule has 2 aliphatic rings. The fourth-order valence-corrected chi connectivity index (χ4v) is 4.88. The van der Waals surface area contributed by atoms with Crippen LogP contribution in [0.25, 0.3) is 33.2 Å². The Morgan fingerprint density at radius 2 is 1.45 bits per heavy atom. The van der Waals surface area contributed by atoms with E-state index in [-0.39, 0.29) is 33.6 Å². The van der Waals surface area contributed by atoms with Crippen molar-refractivity contribution in [1.82, 2.24) is 9.88 Å². The quantitative estimate of drug-likeness (QED) is 0.280. The Hall–Kier alpha value is -5.03. The molecule has 6 rings (SSSR count). The van der Waals surface area contributed by atoms with Gasteiger partial charge in [0.05, 0.1) is 10.9 Å². The zero-order valence-corrected chi connectivity index (χ0v) is 21.4. The van der Waals surface area contributed by atoms with Crippen molar-refractivity contribution < 1.29 is 27.9 Å². The van der Waals surface area contributed by atoms with Crippen molar-refractivity contribution in [1.29, 1.82) is 0 Å². The molecule has 0 saturated carbocycles. The van der Waals surface area contributed by atoms with Crippen molar-refractivity contribution in [3.8, 4) is 22.6 Å². The Balaban J connectivity index is 1.80. The fraction of sp³-hybridized carbons (Fsp3) is 0.207. The molecular weight excluding hydrogens is 518 g/mol. The minimum atomic E-state index is -0.936. The first-order chi connectivity index (χ1) is 19.4. The van der Waals surface area contributed by atoms with Gasteiger partial charge in [0.25, 0.3) is 0 Å². The molecule has 202 valence electrons. The number of fused-ring (bicyclic) bond motifs is 3. The number of ether oxygens (including phenoxy) is 2. The first kappa shape index (κ1) is 25.3. The first-order valence-electron chi connectivity index (χ1n) is 12.7. The highest BCUT2D eigenvalue weighted by atomic mass is 16.6. The van der Waals surface area contributed by atoms with E-state index in [9.17, 15) is 19.2 Å². The van der Waals surface area contributed by atoms with E-state index >= 15 is 0 Å². The van der Waals surface area contributed by atoms with E-state index in [1.165, 1.54) is 6.07 Å². The second-order valence-electron chi connectivity index (χ2n) is 9.21. The normalized spacial score (nSPS) is 16.6. The van der Waals surface area contributed by atoms with Crippen LogP contribution < -0.4 is 25.6 Å². The molecule has 0 aliphatic carbocycles. The summed E-state index contributed by atoms with van der Waals surface area (Å²) in [5.74, 6) is -1.73. The van der Waals surface area contributed by atoms with Crippen LogP contribution in [-0.2, 0) is 9.59 Å². The summed E-state index contributed by atoms with van der Waals surface area (Å²) in [5.41, 5.74) is -0.475.